The van der Waals surface area contributed by atoms with Gasteiger partial charge in [0.05, 0.1) is 0 Å². The maximum atomic E-state index is 11.3. The smallest absolute Gasteiger partial charge is 0.126 e. The molecule has 0 aromatic carbocycles. The molecule has 0 N–H and O–H groups in total. The monoisotopic (exact) mass is 194 g/mol. The largest absolute Gasteiger partial charge is 0.303 e. The molecule has 0 amide bonds. The Balaban J connectivity index is 1.97. The Labute approximate surface area is 87.3 Å². The molecule has 2 fully saturated rings. The SMILES string of the molecule is CCC1CCC(C=O)(C2CCC2)CC1. The summed E-state index contributed by atoms with van der Waals surface area (Å²) < 4.78 is 0. The summed E-state index contributed by atoms with van der Waals surface area (Å²) in [7, 11) is 0. The van der Waals surface area contributed by atoms with Gasteiger partial charge in [-0.15, -0.1) is 0 Å². The molecule has 0 aliphatic heterocycles. The van der Waals surface area contributed by atoms with Crippen LogP contribution in [0, 0.1) is 17.3 Å². The third kappa shape index (κ3) is 1.62. The van der Waals surface area contributed by atoms with Gasteiger partial charge in [-0.1, -0.05) is 19.8 Å². The van der Waals surface area contributed by atoms with Crippen molar-refractivity contribution in [2.75, 3.05) is 0 Å². The van der Waals surface area contributed by atoms with Crippen LogP contribution in [0.2, 0.25) is 0 Å². The van der Waals surface area contributed by atoms with Crippen LogP contribution >= 0.6 is 0 Å². The molecule has 1 heteroatoms. The normalized spacial score (nSPS) is 39.1. The summed E-state index contributed by atoms with van der Waals surface area (Å²) in [4.78, 5) is 11.3. The highest BCUT2D eigenvalue weighted by Crippen LogP contribution is 2.50. The Morgan fingerprint density at radius 3 is 2.21 bits per heavy atom. The average molecular weight is 194 g/mol. The molecule has 0 heterocycles. The summed E-state index contributed by atoms with van der Waals surface area (Å²) in [5.41, 5.74) is 0.115. The van der Waals surface area contributed by atoms with Crippen LogP contribution in [0.1, 0.15) is 58.3 Å². The molecule has 0 aromatic rings. The minimum Gasteiger partial charge on any atom is -0.303 e. The molecule has 2 aliphatic rings. The topological polar surface area (TPSA) is 17.1 Å². The van der Waals surface area contributed by atoms with Gasteiger partial charge in [0.25, 0.3) is 0 Å². The Bertz CT molecular complexity index is 197. The van der Waals surface area contributed by atoms with E-state index in [-0.39, 0.29) is 5.41 Å². The molecule has 2 saturated carbocycles. The van der Waals surface area contributed by atoms with Crippen molar-refractivity contribution in [1.29, 1.82) is 0 Å². The third-order valence-corrected chi connectivity index (χ3v) is 4.77. The first kappa shape index (κ1) is 10.2. The highest BCUT2D eigenvalue weighted by molar-refractivity contribution is 5.60. The quantitative estimate of drug-likeness (QED) is 0.628. The van der Waals surface area contributed by atoms with Crippen molar-refractivity contribution in [1.82, 2.24) is 0 Å². The lowest BCUT2D eigenvalue weighted by Crippen LogP contribution is -2.39. The van der Waals surface area contributed by atoms with E-state index in [0.717, 1.165) is 11.8 Å². The zero-order chi connectivity index (χ0) is 10.0. The van der Waals surface area contributed by atoms with Crippen LogP contribution in [-0.2, 0) is 4.79 Å². The number of carbonyl (C=O) groups is 1. The Morgan fingerprint density at radius 1 is 1.21 bits per heavy atom. The van der Waals surface area contributed by atoms with Gasteiger partial charge in [0.1, 0.15) is 6.29 Å². The number of aldehydes is 1. The van der Waals surface area contributed by atoms with E-state index in [2.05, 4.69) is 6.92 Å². The molecule has 2 aliphatic carbocycles. The maximum Gasteiger partial charge on any atom is 0.126 e. The second-order valence-electron chi connectivity index (χ2n) is 5.33. The second-order valence-corrected chi connectivity index (χ2v) is 5.33. The lowest BCUT2D eigenvalue weighted by atomic mass is 9.58. The third-order valence-electron chi connectivity index (χ3n) is 4.77. The van der Waals surface area contributed by atoms with Crippen molar-refractivity contribution in [2.45, 2.75) is 58.3 Å². The van der Waals surface area contributed by atoms with Gasteiger partial charge in [-0.05, 0) is 50.4 Å². The first-order valence-corrected chi connectivity index (χ1v) is 6.27. The summed E-state index contributed by atoms with van der Waals surface area (Å²) in [6.45, 7) is 2.28. The second kappa shape index (κ2) is 4.04. The standard InChI is InChI=1S/C13H22O/c1-2-11-6-8-13(10-14,9-7-11)12-4-3-5-12/h10-12H,2-9H2,1H3. The van der Waals surface area contributed by atoms with E-state index < -0.39 is 0 Å². The molecule has 0 aromatic heterocycles. The molecule has 0 unspecified atom stereocenters. The Morgan fingerprint density at radius 2 is 1.86 bits per heavy atom. The summed E-state index contributed by atoms with van der Waals surface area (Å²) in [6, 6.07) is 0. The highest BCUT2D eigenvalue weighted by Gasteiger charge is 2.43. The van der Waals surface area contributed by atoms with Gasteiger partial charge in [-0.3, -0.25) is 0 Å². The minimum atomic E-state index is 0.115. The van der Waals surface area contributed by atoms with Crippen molar-refractivity contribution < 1.29 is 4.79 Å². The highest BCUT2D eigenvalue weighted by atomic mass is 16.1. The fraction of sp³-hybridized carbons (Fsp3) is 0.923. The Kier molecular flexibility index (Phi) is 2.94. The van der Waals surface area contributed by atoms with E-state index in [9.17, 15) is 4.79 Å². The van der Waals surface area contributed by atoms with Crippen LogP contribution in [0.5, 0.6) is 0 Å². The number of rotatable bonds is 3. The summed E-state index contributed by atoms with van der Waals surface area (Å²) in [5, 5.41) is 0. The fourth-order valence-electron chi connectivity index (χ4n) is 3.23. The predicted octanol–water partition coefficient (Wildman–Crippen LogP) is 3.57. The molecule has 0 atom stereocenters. The maximum absolute atomic E-state index is 11.3. The first-order chi connectivity index (χ1) is 6.80. The molecule has 80 valence electrons. The van der Waals surface area contributed by atoms with Crippen LogP contribution in [0.3, 0.4) is 0 Å². The number of hydrogen-bond donors (Lipinski definition) is 0. The lowest BCUT2D eigenvalue weighted by Gasteiger charge is -2.45. The van der Waals surface area contributed by atoms with Gasteiger partial charge < -0.3 is 4.79 Å². The van der Waals surface area contributed by atoms with Crippen molar-refractivity contribution in [3.05, 3.63) is 0 Å². The minimum absolute atomic E-state index is 0.115. The summed E-state index contributed by atoms with van der Waals surface area (Å²) in [6.07, 6.45) is 11.6. The zero-order valence-electron chi connectivity index (χ0n) is 9.30. The molecular weight excluding hydrogens is 172 g/mol. The van der Waals surface area contributed by atoms with E-state index in [1.165, 1.54) is 57.7 Å². The number of hydrogen-bond acceptors (Lipinski definition) is 1. The number of carbonyl (C=O) groups excluding carboxylic acids is 1. The fourth-order valence-corrected chi connectivity index (χ4v) is 3.23. The van der Waals surface area contributed by atoms with Gasteiger partial charge >= 0.3 is 0 Å². The first-order valence-electron chi connectivity index (χ1n) is 6.27. The van der Waals surface area contributed by atoms with Gasteiger partial charge in [0, 0.05) is 5.41 Å². The summed E-state index contributed by atoms with van der Waals surface area (Å²) in [5.74, 6) is 1.65. The van der Waals surface area contributed by atoms with Crippen molar-refractivity contribution in [2.24, 2.45) is 17.3 Å². The van der Waals surface area contributed by atoms with E-state index in [1.54, 1.807) is 0 Å². The molecule has 0 spiro atoms. The summed E-state index contributed by atoms with van der Waals surface area (Å²) >= 11 is 0. The van der Waals surface area contributed by atoms with Gasteiger partial charge in [0.2, 0.25) is 0 Å². The van der Waals surface area contributed by atoms with Crippen LogP contribution < -0.4 is 0 Å². The predicted molar refractivity (Wildman–Crippen MR) is 58.1 cm³/mol. The average Bonchev–Trinajstić information content (AvgIpc) is 2.16. The van der Waals surface area contributed by atoms with Crippen molar-refractivity contribution in [3.63, 3.8) is 0 Å². The van der Waals surface area contributed by atoms with Gasteiger partial charge in [-0.25, -0.2) is 0 Å². The molecule has 14 heavy (non-hydrogen) atoms. The molecule has 0 radical (unpaired) electrons. The molecule has 0 saturated heterocycles. The van der Waals surface area contributed by atoms with E-state index in [0.29, 0.717) is 0 Å². The molecule has 0 bridgehead atoms. The Hall–Kier alpha value is -0.330. The van der Waals surface area contributed by atoms with Crippen LogP contribution in [-0.4, -0.2) is 6.29 Å². The molecule has 1 nitrogen and oxygen atoms in total. The van der Waals surface area contributed by atoms with Crippen LogP contribution in [0.15, 0.2) is 0 Å². The van der Waals surface area contributed by atoms with E-state index >= 15 is 0 Å². The van der Waals surface area contributed by atoms with Gasteiger partial charge in [0.15, 0.2) is 0 Å². The van der Waals surface area contributed by atoms with E-state index in [1.807, 2.05) is 0 Å². The van der Waals surface area contributed by atoms with Crippen molar-refractivity contribution in [3.8, 4) is 0 Å². The van der Waals surface area contributed by atoms with Crippen molar-refractivity contribution >= 4 is 6.29 Å². The van der Waals surface area contributed by atoms with E-state index in [4.69, 9.17) is 0 Å². The van der Waals surface area contributed by atoms with Crippen LogP contribution in [0.25, 0.3) is 0 Å². The zero-order valence-corrected chi connectivity index (χ0v) is 9.30. The molecule has 2 rings (SSSR count). The lowest BCUT2D eigenvalue weighted by molar-refractivity contribution is -0.124. The molecular formula is C13H22O. The van der Waals surface area contributed by atoms with Gasteiger partial charge in [-0.2, -0.15) is 0 Å². The van der Waals surface area contributed by atoms with Crippen LogP contribution in [0.4, 0.5) is 0 Å².